The number of aryl methyl sites for hydroxylation is 1. The molecule has 3 aromatic rings. The molecule has 0 radical (unpaired) electrons. The molecule has 2 atom stereocenters. The number of aliphatic hydroxyl groups excluding tert-OH is 1. The molecule has 1 saturated carbocycles. The Morgan fingerprint density at radius 2 is 1.57 bits per heavy atom. The van der Waals surface area contributed by atoms with E-state index in [0.717, 1.165) is 29.8 Å². The molecular weight excluding hydrogens is 704 g/mol. The van der Waals surface area contributed by atoms with E-state index < -0.39 is 41.8 Å². The van der Waals surface area contributed by atoms with E-state index in [1.54, 1.807) is 12.4 Å². The second-order valence-electron chi connectivity index (χ2n) is 15.8. The van der Waals surface area contributed by atoms with Crippen LogP contribution >= 0.6 is 0 Å². The van der Waals surface area contributed by atoms with Gasteiger partial charge >= 0.3 is 6.18 Å². The van der Waals surface area contributed by atoms with Crippen LogP contribution in [0.5, 0.6) is 0 Å². The fourth-order valence-electron chi connectivity index (χ4n) is 8.34. The monoisotopic (exact) mass is 750 g/mol. The van der Waals surface area contributed by atoms with Crippen molar-refractivity contribution >= 4 is 5.95 Å². The van der Waals surface area contributed by atoms with Gasteiger partial charge in [0, 0.05) is 67.5 Å². The average molecular weight is 751 g/mol. The van der Waals surface area contributed by atoms with Gasteiger partial charge in [0.25, 0.3) is 5.92 Å². The first-order valence-electron chi connectivity index (χ1n) is 18.4. The van der Waals surface area contributed by atoms with Crippen LogP contribution in [0.2, 0.25) is 0 Å². The number of fused-ring (bicyclic) bond motifs is 1. The minimum absolute atomic E-state index is 0.00634. The Morgan fingerprint density at radius 3 is 2.15 bits per heavy atom. The van der Waals surface area contributed by atoms with Gasteiger partial charge in [-0.2, -0.15) is 13.2 Å². The van der Waals surface area contributed by atoms with Crippen molar-refractivity contribution in [3.8, 4) is 0 Å². The third-order valence-electron chi connectivity index (χ3n) is 11.2. The van der Waals surface area contributed by atoms with E-state index >= 15 is 4.39 Å². The second kappa shape index (κ2) is 14.9. The molecule has 3 heterocycles. The molecule has 2 unspecified atom stereocenters. The lowest BCUT2D eigenvalue weighted by molar-refractivity contribution is -0.137. The van der Waals surface area contributed by atoms with Gasteiger partial charge in [0.15, 0.2) is 6.17 Å². The first kappa shape index (κ1) is 39.1. The Kier molecular flexibility index (Phi) is 11.0. The van der Waals surface area contributed by atoms with Crippen molar-refractivity contribution in [1.29, 1.82) is 0 Å². The molecule has 0 bridgehead atoms. The minimum atomic E-state index is -4.61. The number of hydrogen-bond acceptors (Lipinski definition) is 5. The largest absolute Gasteiger partial charge is 0.416 e. The maximum Gasteiger partial charge on any atom is 0.416 e. The van der Waals surface area contributed by atoms with Crippen molar-refractivity contribution in [2.45, 2.75) is 127 Å². The summed E-state index contributed by atoms with van der Waals surface area (Å²) in [5, 5.41) is 11.6. The molecule has 2 fully saturated rings. The van der Waals surface area contributed by atoms with Gasteiger partial charge in [0.1, 0.15) is 0 Å². The van der Waals surface area contributed by atoms with Crippen LogP contribution in [0.15, 0.2) is 49.3 Å². The van der Waals surface area contributed by atoms with E-state index in [0.29, 0.717) is 79.7 Å². The summed E-state index contributed by atoms with van der Waals surface area (Å²) in [6.07, 6.45) is -2.10. The molecule has 1 N–H and O–H groups in total. The zero-order valence-corrected chi connectivity index (χ0v) is 30.0. The fraction of sp³-hybridized carbons (Fsp3) is 0.575. The van der Waals surface area contributed by atoms with Gasteiger partial charge < -0.3 is 10.0 Å². The molecule has 13 heteroatoms. The summed E-state index contributed by atoms with van der Waals surface area (Å²) in [4.78, 5) is 16.0. The van der Waals surface area contributed by atoms with E-state index in [1.165, 1.54) is 0 Å². The van der Waals surface area contributed by atoms with Gasteiger partial charge in [-0.05, 0) is 97.6 Å². The highest BCUT2D eigenvalue weighted by atomic mass is 19.4. The predicted molar refractivity (Wildman–Crippen MR) is 186 cm³/mol. The summed E-state index contributed by atoms with van der Waals surface area (Å²) in [6, 6.07) is 3.91. The molecule has 288 valence electrons. The number of pyridine rings is 1. The molecule has 2 aromatic heterocycles. The normalized spacial score (nSPS) is 21.6. The first-order valence-corrected chi connectivity index (χ1v) is 18.4. The van der Waals surface area contributed by atoms with Crippen LogP contribution in [-0.2, 0) is 19.0 Å². The Hall–Kier alpha value is -3.61. The molecule has 1 aromatic carbocycles. The van der Waals surface area contributed by atoms with Crippen molar-refractivity contribution < 1.29 is 40.2 Å². The van der Waals surface area contributed by atoms with E-state index in [4.69, 9.17) is 4.98 Å². The number of alkyl halides is 8. The lowest BCUT2D eigenvalue weighted by atomic mass is 9.68. The number of aliphatic hydroxyl groups is 1. The Morgan fingerprint density at radius 1 is 0.943 bits per heavy atom. The average Bonchev–Trinajstić information content (AvgIpc) is 3.10. The van der Waals surface area contributed by atoms with Gasteiger partial charge in [-0.15, -0.1) is 0 Å². The molecule has 1 aliphatic heterocycles. The third kappa shape index (κ3) is 8.86. The highest BCUT2D eigenvalue weighted by Gasteiger charge is 2.44. The first-order chi connectivity index (χ1) is 24.9. The predicted octanol–water partition coefficient (Wildman–Crippen LogP) is 10.8. The molecule has 53 heavy (non-hydrogen) atoms. The summed E-state index contributed by atoms with van der Waals surface area (Å²) >= 11 is 0. The topological polar surface area (TPSA) is 62.1 Å². The Labute approximate surface area is 304 Å². The number of aromatic nitrogens is 3. The molecular formula is C40H46F8N4O. The smallest absolute Gasteiger partial charge is 0.388 e. The number of nitrogens with zero attached hydrogens (tertiary/aromatic N) is 4. The van der Waals surface area contributed by atoms with E-state index in [-0.39, 0.29) is 61.0 Å². The number of allylic oxidation sites excluding steroid dienone is 1. The highest BCUT2D eigenvalue weighted by Crippen LogP contribution is 2.52. The van der Waals surface area contributed by atoms with Crippen LogP contribution in [-0.4, -0.2) is 45.0 Å². The van der Waals surface area contributed by atoms with Crippen LogP contribution < -0.4 is 4.90 Å². The summed E-state index contributed by atoms with van der Waals surface area (Å²) in [5.41, 5.74) is 1.69. The quantitative estimate of drug-likeness (QED) is 0.165. The summed E-state index contributed by atoms with van der Waals surface area (Å²) in [5.74, 6) is -6.10. The number of benzene rings is 1. The summed E-state index contributed by atoms with van der Waals surface area (Å²) in [6.45, 7) is 8.14. The van der Waals surface area contributed by atoms with Crippen molar-refractivity contribution in [3.05, 3.63) is 94.1 Å². The summed E-state index contributed by atoms with van der Waals surface area (Å²) < 4.78 is 114. The maximum atomic E-state index is 17.3. The number of hydrogen-bond donors (Lipinski definition) is 1. The standard InChI is InChI=1S/C40H46F8N4O/c1-4-38(42,43)15-5-6-24-22-49-36(50-23-24)52-18-13-27(14-19-52)35-33(34(41)26-7-9-28(10-8-26)40(46,47)48)31(25-11-16-39(44,45)17-12-25)32-29(51-35)20-37(2,3)21-30(32)53/h4,7-10,22-23,25,27,30,34,53H,1,5-6,11-21H2,2-3H3. The number of piperidine rings is 1. The van der Waals surface area contributed by atoms with Gasteiger partial charge in [0.2, 0.25) is 11.9 Å². The van der Waals surface area contributed by atoms with Crippen LogP contribution in [0, 0.1) is 5.41 Å². The van der Waals surface area contributed by atoms with Crippen molar-refractivity contribution in [1.82, 2.24) is 15.0 Å². The number of anilines is 1. The molecule has 3 aliphatic rings. The van der Waals surface area contributed by atoms with Crippen LogP contribution in [0.25, 0.3) is 0 Å². The van der Waals surface area contributed by atoms with E-state index in [2.05, 4.69) is 16.5 Å². The van der Waals surface area contributed by atoms with Crippen molar-refractivity contribution in [3.63, 3.8) is 0 Å². The highest BCUT2D eigenvalue weighted by molar-refractivity contribution is 5.51. The van der Waals surface area contributed by atoms with Crippen LogP contribution in [0.1, 0.15) is 141 Å². The molecule has 0 amide bonds. The van der Waals surface area contributed by atoms with Gasteiger partial charge in [-0.25, -0.2) is 31.9 Å². The molecule has 0 spiro atoms. The number of halogens is 8. The molecule has 1 saturated heterocycles. The Bertz CT molecular complexity index is 1740. The second-order valence-corrected chi connectivity index (χ2v) is 15.8. The van der Waals surface area contributed by atoms with E-state index in [1.807, 2.05) is 18.7 Å². The molecule has 6 rings (SSSR count). The van der Waals surface area contributed by atoms with Gasteiger partial charge in [-0.1, -0.05) is 32.6 Å². The zero-order valence-electron chi connectivity index (χ0n) is 30.0. The van der Waals surface area contributed by atoms with Crippen LogP contribution in [0.4, 0.5) is 41.1 Å². The van der Waals surface area contributed by atoms with Gasteiger partial charge in [0.05, 0.1) is 17.4 Å². The molecule has 5 nitrogen and oxygen atoms in total. The van der Waals surface area contributed by atoms with Crippen molar-refractivity contribution in [2.75, 3.05) is 18.0 Å². The fourth-order valence-corrected chi connectivity index (χ4v) is 8.34. The third-order valence-corrected chi connectivity index (χ3v) is 11.2. The molecule has 2 aliphatic carbocycles. The van der Waals surface area contributed by atoms with E-state index in [9.17, 15) is 35.8 Å². The zero-order chi connectivity index (χ0) is 38.3. The minimum Gasteiger partial charge on any atom is -0.388 e. The summed E-state index contributed by atoms with van der Waals surface area (Å²) in [7, 11) is 0. The lowest BCUT2D eigenvalue weighted by Gasteiger charge is -2.41. The van der Waals surface area contributed by atoms with Crippen LogP contribution in [0.3, 0.4) is 0 Å². The number of rotatable bonds is 10. The SMILES string of the molecule is C=CC(F)(F)CCCc1cnc(N2CCC(c3nc4c(c(C5CCC(F)(F)CC5)c3C(F)c3ccc(C(F)(F)F)cc3)C(O)CC(C)(C)C4)CC2)nc1. The Balaban J connectivity index is 1.34. The van der Waals surface area contributed by atoms with Crippen molar-refractivity contribution in [2.24, 2.45) is 5.41 Å². The van der Waals surface area contributed by atoms with Gasteiger partial charge in [-0.3, -0.25) is 4.98 Å². The lowest BCUT2D eigenvalue weighted by Crippen LogP contribution is -2.36. The maximum absolute atomic E-state index is 17.3.